The first kappa shape index (κ1) is 5.97. The minimum atomic E-state index is 1.07. The van der Waals surface area contributed by atoms with E-state index in [1.807, 2.05) is 6.07 Å². The average molecular weight is 192 g/mol. The van der Waals surface area contributed by atoms with Crippen LogP contribution in [0.25, 0.3) is 0 Å². The monoisotopic (exact) mass is 193 g/mol. The van der Waals surface area contributed by atoms with Crippen molar-refractivity contribution in [3.63, 3.8) is 0 Å². The number of rotatable bonds is 1. The maximum absolute atomic E-state index is 2.61. The normalized spacial score (nSPS) is 9.12. The van der Waals surface area contributed by atoms with E-state index in [-0.39, 0.29) is 0 Å². The van der Waals surface area contributed by atoms with Crippen molar-refractivity contribution in [2.24, 2.45) is 0 Å². The molecular formula is C7H7Ru. The molecule has 0 atom stereocenters. The molecule has 0 saturated carbocycles. The Hall–Kier alpha value is -0.157. The average Bonchev–Trinajstić information content (AvgIpc) is 1.90. The Bertz CT molecular complexity index is 146. The van der Waals surface area contributed by atoms with Crippen molar-refractivity contribution in [2.75, 3.05) is 0 Å². The molecular weight excluding hydrogens is 185 g/mol. The second-order valence-corrected chi connectivity index (χ2v) is 2.23. The zero-order valence-corrected chi connectivity index (χ0v) is 6.19. The molecule has 0 N–H and O–H groups in total. The van der Waals surface area contributed by atoms with E-state index in [2.05, 4.69) is 42.6 Å². The number of hydrogen-bond donors (Lipinski definition) is 0. The van der Waals surface area contributed by atoms with Crippen LogP contribution >= 0.6 is 0 Å². The molecule has 1 aromatic carbocycles. The van der Waals surface area contributed by atoms with Crippen LogP contribution < -0.4 is 0 Å². The second kappa shape index (κ2) is 2.99. The molecule has 0 heterocycles. The summed E-state index contributed by atoms with van der Waals surface area (Å²) in [4.78, 5) is 0. The third-order valence-electron chi connectivity index (χ3n) is 0.987. The van der Waals surface area contributed by atoms with Crippen LogP contribution in [0, 0.1) is 0 Å². The first-order chi connectivity index (χ1) is 3.93. The third kappa shape index (κ3) is 1.41. The van der Waals surface area contributed by atoms with Gasteiger partial charge in [-0.2, -0.15) is 0 Å². The second-order valence-electron chi connectivity index (χ2n) is 1.61. The maximum atomic E-state index is 2.61. The molecule has 1 aromatic rings. The van der Waals surface area contributed by atoms with Crippen molar-refractivity contribution < 1.29 is 18.3 Å². The van der Waals surface area contributed by atoms with Crippen LogP contribution in [0.5, 0.6) is 0 Å². The van der Waals surface area contributed by atoms with Gasteiger partial charge < -0.3 is 0 Å². The van der Waals surface area contributed by atoms with Gasteiger partial charge in [-0.3, -0.25) is 0 Å². The zero-order valence-electron chi connectivity index (χ0n) is 4.45. The summed E-state index contributed by atoms with van der Waals surface area (Å²) in [6.45, 7) is 0. The molecule has 0 aliphatic rings. The van der Waals surface area contributed by atoms with Crippen LogP contribution in [0.3, 0.4) is 0 Å². The van der Waals surface area contributed by atoms with Gasteiger partial charge in [-0.15, -0.1) is 0 Å². The fourth-order valence-electron chi connectivity index (χ4n) is 0.561. The van der Waals surface area contributed by atoms with Crippen LogP contribution in [0.4, 0.5) is 0 Å². The third-order valence-corrected chi connectivity index (χ3v) is 1.70. The van der Waals surface area contributed by atoms with E-state index in [0.717, 1.165) is 5.02 Å². The predicted molar refractivity (Wildman–Crippen MR) is 30.1 cm³/mol. The van der Waals surface area contributed by atoms with Gasteiger partial charge in [0.15, 0.2) is 0 Å². The van der Waals surface area contributed by atoms with E-state index < -0.39 is 0 Å². The first-order valence-corrected chi connectivity index (χ1v) is 3.74. The van der Waals surface area contributed by atoms with Gasteiger partial charge in [0, 0.05) is 0 Å². The molecule has 0 bridgehead atoms. The molecule has 0 unspecified atom stereocenters. The Morgan fingerprint density at radius 1 is 1.12 bits per heavy atom. The van der Waals surface area contributed by atoms with Crippen LogP contribution in [0.15, 0.2) is 30.3 Å². The molecule has 0 aromatic heterocycles. The molecule has 0 spiro atoms. The molecule has 1 heteroatoms. The first-order valence-electron chi connectivity index (χ1n) is 2.51. The molecule has 0 aliphatic carbocycles. The van der Waals surface area contributed by atoms with E-state index in [0.29, 0.717) is 0 Å². The summed E-state index contributed by atoms with van der Waals surface area (Å²) in [6.07, 6.45) is 0. The van der Waals surface area contributed by atoms with Crippen molar-refractivity contribution in [1.82, 2.24) is 0 Å². The minimum absolute atomic E-state index is 1.07. The molecule has 0 radical (unpaired) electrons. The summed E-state index contributed by atoms with van der Waals surface area (Å²) >= 11 is 2.61. The molecule has 8 heavy (non-hydrogen) atoms. The summed E-state index contributed by atoms with van der Waals surface area (Å²) in [5.74, 6) is 0. The fraction of sp³-hybridized carbons (Fsp3) is 0.143. The summed E-state index contributed by atoms with van der Waals surface area (Å²) < 4.78 is 0. The Labute approximate surface area is 59.6 Å². The van der Waals surface area contributed by atoms with E-state index in [1.165, 1.54) is 5.56 Å². The molecule has 1 rings (SSSR count). The van der Waals surface area contributed by atoms with E-state index in [1.54, 1.807) is 0 Å². The van der Waals surface area contributed by atoms with Crippen molar-refractivity contribution in [2.45, 2.75) is 5.02 Å². The standard InChI is InChI=1S/C7H7.Ru/c1-7-5-3-2-4-6-7;/h2-6H,1H2;. The summed E-state index contributed by atoms with van der Waals surface area (Å²) in [5.41, 5.74) is 1.38. The van der Waals surface area contributed by atoms with Crippen LogP contribution in [0.2, 0.25) is 0 Å². The van der Waals surface area contributed by atoms with E-state index >= 15 is 0 Å². The van der Waals surface area contributed by atoms with Gasteiger partial charge in [-0.1, -0.05) is 0 Å². The van der Waals surface area contributed by atoms with Gasteiger partial charge in [0.25, 0.3) is 0 Å². The van der Waals surface area contributed by atoms with Crippen molar-refractivity contribution >= 4 is 0 Å². The van der Waals surface area contributed by atoms with Crippen molar-refractivity contribution in [3.8, 4) is 0 Å². The summed E-state index contributed by atoms with van der Waals surface area (Å²) in [5, 5.41) is 1.07. The van der Waals surface area contributed by atoms with Gasteiger partial charge in [0.2, 0.25) is 0 Å². The van der Waals surface area contributed by atoms with Gasteiger partial charge in [0.1, 0.15) is 0 Å². The quantitative estimate of drug-likeness (QED) is 0.594. The molecule has 43 valence electrons. The van der Waals surface area contributed by atoms with Crippen LogP contribution in [0.1, 0.15) is 5.56 Å². The molecule has 0 amide bonds. The van der Waals surface area contributed by atoms with Crippen LogP contribution in [-0.4, -0.2) is 0 Å². The van der Waals surface area contributed by atoms with Gasteiger partial charge in [-0.25, -0.2) is 0 Å². The Balaban J connectivity index is 2.83. The molecule has 0 nitrogen and oxygen atoms in total. The molecule has 0 aliphatic heterocycles. The molecule has 0 saturated heterocycles. The number of benzene rings is 1. The van der Waals surface area contributed by atoms with E-state index in [9.17, 15) is 0 Å². The Morgan fingerprint density at radius 3 is 2.12 bits per heavy atom. The van der Waals surface area contributed by atoms with Gasteiger partial charge >= 0.3 is 59.2 Å². The topological polar surface area (TPSA) is 0 Å². The zero-order chi connectivity index (χ0) is 5.82. The number of hydrogen-bond acceptors (Lipinski definition) is 0. The van der Waals surface area contributed by atoms with E-state index in [4.69, 9.17) is 0 Å². The van der Waals surface area contributed by atoms with Gasteiger partial charge in [0.05, 0.1) is 0 Å². The summed E-state index contributed by atoms with van der Waals surface area (Å²) in [7, 11) is 0. The molecule has 0 fully saturated rings. The SMILES string of the molecule is [Ru][CH2]c1ccccc1. The van der Waals surface area contributed by atoms with Crippen LogP contribution in [-0.2, 0) is 23.3 Å². The fourth-order valence-corrected chi connectivity index (χ4v) is 0.971. The summed E-state index contributed by atoms with van der Waals surface area (Å²) in [6, 6.07) is 10.4. The predicted octanol–water partition coefficient (Wildman–Crippen LogP) is 1.73. The Morgan fingerprint density at radius 2 is 1.75 bits per heavy atom. The van der Waals surface area contributed by atoms with Crippen molar-refractivity contribution in [3.05, 3.63) is 35.9 Å². The van der Waals surface area contributed by atoms with Gasteiger partial charge in [-0.05, 0) is 0 Å². The van der Waals surface area contributed by atoms with Crippen molar-refractivity contribution in [1.29, 1.82) is 0 Å². The Kier molecular flexibility index (Phi) is 2.23.